The third-order valence-electron chi connectivity index (χ3n) is 5.10. The Morgan fingerprint density at radius 3 is 2.27 bits per heavy atom. The standard InChI is InChI=1S/C23H26N2O5/c24-23(28)19-13-7-8-14-20(19)29-16-22(27)30-15-21(26)25(17-9-3-1-4-10-17)18-11-5-2-6-12-18/h1,3-4,7-10,13-14,18H,2,5-6,11-12,15-16H2,(H2,24,28). The second kappa shape index (κ2) is 10.4. The number of rotatable bonds is 8. The van der Waals surface area contributed by atoms with Gasteiger partial charge < -0.3 is 20.1 Å². The highest BCUT2D eigenvalue weighted by Gasteiger charge is 2.27. The molecule has 2 aromatic carbocycles. The Bertz CT molecular complexity index is 878. The maximum absolute atomic E-state index is 12.9. The molecule has 3 rings (SSSR count). The van der Waals surface area contributed by atoms with Crippen LogP contribution in [0.25, 0.3) is 0 Å². The van der Waals surface area contributed by atoms with Gasteiger partial charge in [0.1, 0.15) is 5.75 Å². The summed E-state index contributed by atoms with van der Waals surface area (Å²) in [5.41, 5.74) is 6.27. The summed E-state index contributed by atoms with van der Waals surface area (Å²) in [4.78, 5) is 38.2. The Balaban J connectivity index is 1.58. The van der Waals surface area contributed by atoms with Crippen molar-refractivity contribution < 1.29 is 23.9 Å². The van der Waals surface area contributed by atoms with Crippen molar-refractivity contribution in [1.29, 1.82) is 0 Å². The van der Waals surface area contributed by atoms with Crippen molar-refractivity contribution in [1.82, 2.24) is 0 Å². The van der Waals surface area contributed by atoms with Gasteiger partial charge in [-0.15, -0.1) is 0 Å². The van der Waals surface area contributed by atoms with Gasteiger partial charge in [-0.25, -0.2) is 4.79 Å². The van der Waals surface area contributed by atoms with Crippen molar-refractivity contribution in [3.8, 4) is 5.75 Å². The molecule has 1 aliphatic carbocycles. The Morgan fingerprint density at radius 2 is 1.57 bits per heavy atom. The van der Waals surface area contributed by atoms with E-state index in [9.17, 15) is 14.4 Å². The molecule has 7 heteroatoms. The van der Waals surface area contributed by atoms with Crippen LogP contribution >= 0.6 is 0 Å². The van der Waals surface area contributed by atoms with Crippen LogP contribution in [-0.4, -0.2) is 37.0 Å². The zero-order valence-electron chi connectivity index (χ0n) is 16.8. The highest BCUT2D eigenvalue weighted by atomic mass is 16.6. The summed E-state index contributed by atoms with van der Waals surface area (Å²) in [5.74, 6) is -1.42. The van der Waals surface area contributed by atoms with Crippen molar-refractivity contribution in [3.63, 3.8) is 0 Å². The minimum atomic E-state index is -0.695. The first-order valence-corrected chi connectivity index (χ1v) is 10.1. The molecule has 0 aromatic heterocycles. The van der Waals surface area contributed by atoms with E-state index in [2.05, 4.69) is 0 Å². The number of amides is 2. The number of hydrogen-bond donors (Lipinski definition) is 1. The number of primary amides is 1. The van der Waals surface area contributed by atoms with Crippen LogP contribution in [0, 0.1) is 0 Å². The molecule has 0 radical (unpaired) electrons. The third kappa shape index (κ3) is 5.59. The number of esters is 1. The van der Waals surface area contributed by atoms with Crippen LogP contribution in [0.4, 0.5) is 5.69 Å². The van der Waals surface area contributed by atoms with Gasteiger partial charge >= 0.3 is 5.97 Å². The van der Waals surface area contributed by atoms with E-state index in [-0.39, 0.29) is 29.9 Å². The van der Waals surface area contributed by atoms with E-state index in [0.717, 1.165) is 31.4 Å². The van der Waals surface area contributed by atoms with E-state index in [1.807, 2.05) is 30.3 Å². The van der Waals surface area contributed by atoms with Gasteiger partial charge in [-0.05, 0) is 37.1 Å². The lowest BCUT2D eigenvalue weighted by molar-refractivity contribution is -0.150. The SMILES string of the molecule is NC(=O)c1ccccc1OCC(=O)OCC(=O)N(c1ccccc1)C1CCCCC1. The average Bonchev–Trinajstić information content (AvgIpc) is 2.78. The lowest BCUT2D eigenvalue weighted by Gasteiger charge is -2.34. The van der Waals surface area contributed by atoms with E-state index < -0.39 is 18.5 Å². The van der Waals surface area contributed by atoms with Crippen LogP contribution in [0.15, 0.2) is 54.6 Å². The number of ether oxygens (including phenoxy) is 2. The summed E-state index contributed by atoms with van der Waals surface area (Å²) >= 11 is 0. The summed E-state index contributed by atoms with van der Waals surface area (Å²) in [6.07, 6.45) is 5.19. The van der Waals surface area contributed by atoms with Crippen molar-refractivity contribution in [2.45, 2.75) is 38.1 Å². The first kappa shape index (κ1) is 21.4. The molecule has 30 heavy (non-hydrogen) atoms. The number of hydrogen-bond acceptors (Lipinski definition) is 5. The molecule has 1 saturated carbocycles. The van der Waals surface area contributed by atoms with Gasteiger partial charge in [0.15, 0.2) is 13.2 Å². The van der Waals surface area contributed by atoms with Gasteiger partial charge in [0, 0.05) is 11.7 Å². The number of carbonyl (C=O) groups excluding carboxylic acids is 3. The fraction of sp³-hybridized carbons (Fsp3) is 0.348. The van der Waals surface area contributed by atoms with Crippen LogP contribution in [0.2, 0.25) is 0 Å². The van der Waals surface area contributed by atoms with E-state index >= 15 is 0 Å². The van der Waals surface area contributed by atoms with Gasteiger partial charge in [-0.1, -0.05) is 49.6 Å². The monoisotopic (exact) mass is 410 g/mol. The van der Waals surface area contributed by atoms with E-state index in [0.29, 0.717) is 0 Å². The van der Waals surface area contributed by atoms with Crippen LogP contribution < -0.4 is 15.4 Å². The summed E-state index contributed by atoms with van der Waals surface area (Å²) in [7, 11) is 0. The topological polar surface area (TPSA) is 98.9 Å². The molecular weight excluding hydrogens is 384 g/mol. The largest absolute Gasteiger partial charge is 0.481 e. The second-order valence-electron chi connectivity index (χ2n) is 7.20. The summed E-state index contributed by atoms with van der Waals surface area (Å²) in [6, 6.07) is 15.9. The van der Waals surface area contributed by atoms with Crippen molar-refractivity contribution in [2.75, 3.05) is 18.1 Å². The van der Waals surface area contributed by atoms with Crippen LogP contribution in [0.3, 0.4) is 0 Å². The minimum absolute atomic E-state index is 0.103. The molecule has 1 fully saturated rings. The quantitative estimate of drug-likeness (QED) is 0.675. The fourth-order valence-electron chi connectivity index (χ4n) is 3.67. The van der Waals surface area contributed by atoms with E-state index in [1.165, 1.54) is 12.5 Å². The molecule has 0 atom stereocenters. The maximum Gasteiger partial charge on any atom is 0.344 e. The molecule has 2 N–H and O–H groups in total. The van der Waals surface area contributed by atoms with Gasteiger partial charge in [0.2, 0.25) is 0 Å². The fourth-order valence-corrected chi connectivity index (χ4v) is 3.67. The molecule has 0 saturated heterocycles. The molecule has 0 spiro atoms. The van der Waals surface area contributed by atoms with Gasteiger partial charge in [-0.3, -0.25) is 9.59 Å². The number of benzene rings is 2. The third-order valence-corrected chi connectivity index (χ3v) is 5.10. The van der Waals surface area contributed by atoms with Crippen molar-refractivity contribution in [2.24, 2.45) is 5.73 Å². The first-order chi connectivity index (χ1) is 14.6. The number of anilines is 1. The smallest absolute Gasteiger partial charge is 0.344 e. The Hall–Kier alpha value is -3.35. The van der Waals surface area contributed by atoms with Crippen LogP contribution in [-0.2, 0) is 14.3 Å². The van der Waals surface area contributed by atoms with Crippen LogP contribution in [0.5, 0.6) is 5.75 Å². The summed E-state index contributed by atoms with van der Waals surface area (Å²) < 4.78 is 10.5. The average molecular weight is 410 g/mol. The molecule has 0 aliphatic heterocycles. The van der Waals surface area contributed by atoms with Crippen LogP contribution in [0.1, 0.15) is 42.5 Å². The minimum Gasteiger partial charge on any atom is -0.481 e. The number of para-hydroxylation sites is 2. The number of nitrogens with two attached hydrogens (primary N) is 1. The molecule has 1 aliphatic rings. The lowest BCUT2D eigenvalue weighted by atomic mass is 9.93. The highest BCUT2D eigenvalue weighted by molar-refractivity contribution is 5.96. The molecule has 2 aromatic rings. The summed E-state index contributed by atoms with van der Waals surface area (Å²) in [5, 5.41) is 0. The van der Waals surface area contributed by atoms with Crippen molar-refractivity contribution >= 4 is 23.5 Å². The van der Waals surface area contributed by atoms with E-state index in [1.54, 1.807) is 23.1 Å². The summed E-state index contributed by atoms with van der Waals surface area (Å²) in [6.45, 7) is -0.794. The normalized spacial score (nSPS) is 14.0. The number of carbonyl (C=O) groups is 3. The van der Waals surface area contributed by atoms with Crippen molar-refractivity contribution in [3.05, 3.63) is 60.2 Å². The zero-order chi connectivity index (χ0) is 21.3. The molecule has 0 heterocycles. The Morgan fingerprint density at radius 1 is 0.900 bits per heavy atom. The molecular formula is C23H26N2O5. The first-order valence-electron chi connectivity index (χ1n) is 10.1. The molecule has 158 valence electrons. The van der Waals surface area contributed by atoms with Gasteiger partial charge in [0.05, 0.1) is 5.56 Å². The molecule has 2 amide bonds. The second-order valence-corrected chi connectivity index (χ2v) is 7.20. The molecule has 7 nitrogen and oxygen atoms in total. The Kier molecular flexibility index (Phi) is 7.43. The molecule has 0 bridgehead atoms. The van der Waals surface area contributed by atoms with E-state index in [4.69, 9.17) is 15.2 Å². The predicted octanol–water partition coefficient (Wildman–Crippen LogP) is 3.07. The zero-order valence-corrected chi connectivity index (χ0v) is 16.8. The maximum atomic E-state index is 12.9. The predicted molar refractivity (Wildman–Crippen MR) is 112 cm³/mol. The van der Waals surface area contributed by atoms with Gasteiger partial charge in [0.25, 0.3) is 11.8 Å². The molecule has 0 unspecified atom stereocenters. The highest BCUT2D eigenvalue weighted by Crippen LogP contribution is 2.27. The lowest BCUT2D eigenvalue weighted by Crippen LogP contribution is -2.44. The Labute approximate surface area is 175 Å². The number of nitrogens with zero attached hydrogens (tertiary/aromatic N) is 1. The van der Waals surface area contributed by atoms with Gasteiger partial charge in [-0.2, -0.15) is 0 Å².